The van der Waals surface area contributed by atoms with Crippen LogP contribution in [0.5, 0.6) is 5.75 Å². The second-order valence-corrected chi connectivity index (χ2v) is 7.60. The summed E-state index contributed by atoms with van der Waals surface area (Å²) < 4.78 is 10.7. The Morgan fingerprint density at radius 2 is 1.48 bits per heavy atom. The lowest BCUT2D eigenvalue weighted by Gasteiger charge is -2.09. The first kappa shape index (κ1) is 21.2. The van der Waals surface area contributed by atoms with E-state index >= 15 is 0 Å². The van der Waals surface area contributed by atoms with Gasteiger partial charge in [-0.2, -0.15) is 0 Å². The van der Waals surface area contributed by atoms with E-state index in [1.54, 1.807) is 12.1 Å². The van der Waals surface area contributed by atoms with Crippen molar-refractivity contribution in [1.82, 2.24) is 0 Å². The zero-order valence-electron chi connectivity index (χ0n) is 11.0. The van der Waals surface area contributed by atoms with Crippen LogP contribution >= 0.6 is 85.5 Å². The molecule has 23 heavy (non-hydrogen) atoms. The third-order valence-electron chi connectivity index (χ3n) is 2.21. The maximum absolute atomic E-state index is 12.0. The Morgan fingerprint density at radius 1 is 0.913 bits per heavy atom. The van der Waals surface area contributed by atoms with Gasteiger partial charge in [0.2, 0.25) is 0 Å². The predicted octanol–water partition coefficient (Wildman–Crippen LogP) is 6.76. The highest BCUT2D eigenvalue weighted by Gasteiger charge is 2.12. The molecular formula is C13H7BrCl6O3. The predicted molar refractivity (Wildman–Crippen MR) is 99.1 cm³/mol. The average Bonchev–Trinajstić information content (AvgIpc) is 2.48. The Morgan fingerprint density at radius 3 is 2.04 bits per heavy atom. The van der Waals surface area contributed by atoms with Gasteiger partial charge in [0.05, 0.1) is 15.6 Å². The van der Waals surface area contributed by atoms with Crippen molar-refractivity contribution in [3.63, 3.8) is 0 Å². The van der Waals surface area contributed by atoms with Crippen molar-refractivity contribution in [3.05, 3.63) is 47.3 Å². The van der Waals surface area contributed by atoms with Gasteiger partial charge in [0.25, 0.3) is 0 Å². The van der Waals surface area contributed by atoms with Crippen molar-refractivity contribution >= 4 is 91.5 Å². The fourth-order valence-electron chi connectivity index (χ4n) is 1.23. The van der Waals surface area contributed by atoms with Gasteiger partial charge in [0.1, 0.15) is 27.9 Å². The van der Waals surface area contributed by atoms with Gasteiger partial charge in [-0.05, 0) is 18.2 Å². The molecule has 3 nitrogen and oxygen atoms in total. The number of hydrogen-bond donors (Lipinski definition) is 0. The van der Waals surface area contributed by atoms with Crippen LogP contribution in [0.25, 0.3) is 0 Å². The molecule has 10 heteroatoms. The molecule has 0 amide bonds. The van der Waals surface area contributed by atoms with E-state index < -0.39 is 5.97 Å². The summed E-state index contributed by atoms with van der Waals surface area (Å²) in [5, 5.41) is 0.146. The molecule has 0 saturated heterocycles. The van der Waals surface area contributed by atoms with E-state index in [9.17, 15) is 4.79 Å². The van der Waals surface area contributed by atoms with Gasteiger partial charge in [-0.1, -0.05) is 85.5 Å². The number of halogens is 7. The van der Waals surface area contributed by atoms with Gasteiger partial charge in [-0.15, -0.1) is 0 Å². The molecule has 0 radical (unpaired) electrons. The van der Waals surface area contributed by atoms with E-state index in [0.717, 1.165) is 0 Å². The topological polar surface area (TPSA) is 35.5 Å². The third-order valence-corrected chi connectivity index (χ3v) is 4.57. The summed E-state index contributed by atoms with van der Waals surface area (Å²) in [7, 11) is 0. The largest absolute Gasteiger partial charge is 0.488 e. The van der Waals surface area contributed by atoms with Crippen LogP contribution in [0, 0.1) is 0 Å². The maximum Gasteiger partial charge on any atom is 0.338 e. The zero-order chi connectivity index (χ0) is 17.6. The fraction of sp³-hybridized carbons (Fsp3) is 0.154. The van der Waals surface area contributed by atoms with Gasteiger partial charge in [0, 0.05) is 4.47 Å². The van der Waals surface area contributed by atoms with Gasteiger partial charge in [-0.3, -0.25) is 0 Å². The Hall–Kier alpha value is 0.190. The van der Waals surface area contributed by atoms with Crippen molar-refractivity contribution in [2.75, 3.05) is 13.2 Å². The van der Waals surface area contributed by atoms with Crippen LogP contribution in [-0.4, -0.2) is 19.2 Å². The molecule has 0 fully saturated rings. The number of rotatable bonds is 6. The summed E-state index contributed by atoms with van der Waals surface area (Å²) in [6, 6.07) is 4.63. The van der Waals surface area contributed by atoms with E-state index in [1.165, 1.54) is 6.07 Å². The molecule has 1 aromatic rings. The molecule has 1 aromatic carbocycles. The number of hydrogen-bond acceptors (Lipinski definition) is 3. The number of carbonyl (C=O) groups excluding carboxylic acids is 1. The standard InChI is InChI=1S/C13H7BrCl6O3/c14-7-1-6(13(21)23-5-10(16)12(19)20)2-8(3-7)22-4-9(15)11(17)18/h1-3H,4-5H2. The highest BCUT2D eigenvalue weighted by molar-refractivity contribution is 9.10. The summed E-state index contributed by atoms with van der Waals surface area (Å²) >= 11 is 36.7. The number of esters is 1. The first-order valence-electron chi connectivity index (χ1n) is 5.70. The molecule has 0 aliphatic rings. The lowest BCUT2D eigenvalue weighted by molar-refractivity contribution is 0.0545. The van der Waals surface area contributed by atoms with E-state index in [1.807, 2.05) is 0 Å². The molecule has 0 aromatic heterocycles. The Bertz CT molecular complexity index is 651. The van der Waals surface area contributed by atoms with Gasteiger partial charge >= 0.3 is 5.97 Å². The van der Waals surface area contributed by atoms with Gasteiger partial charge in [-0.25, -0.2) is 4.79 Å². The summed E-state index contributed by atoms with van der Waals surface area (Å²) in [5.41, 5.74) is 0.224. The van der Waals surface area contributed by atoms with E-state index in [2.05, 4.69) is 15.9 Å². The smallest absolute Gasteiger partial charge is 0.338 e. The molecule has 0 atom stereocenters. The van der Waals surface area contributed by atoms with Crippen LogP contribution in [-0.2, 0) is 4.74 Å². The molecular weight excluding hydrogens is 497 g/mol. The summed E-state index contributed by atoms with van der Waals surface area (Å²) in [4.78, 5) is 12.0. The minimum absolute atomic E-state index is 0.0156. The third kappa shape index (κ3) is 7.74. The molecule has 0 heterocycles. The lowest BCUT2D eigenvalue weighted by atomic mass is 10.2. The molecule has 0 N–H and O–H groups in total. The van der Waals surface area contributed by atoms with E-state index in [0.29, 0.717) is 10.2 Å². The van der Waals surface area contributed by atoms with E-state index in [-0.39, 0.29) is 37.8 Å². The van der Waals surface area contributed by atoms with Gasteiger partial charge < -0.3 is 9.47 Å². The maximum atomic E-state index is 12.0. The molecule has 1 rings (SSSR count). The monoisotopic (exact) mass is 500 g/mol. The number of carbonyl (C=O) groups is 1. The highest BCUT2D eigenvalue weighted by atomic mass is 79.9. The van der Waals surface area contributed by atoms with Crippen LogP contribution in [0.3, 0.4) is 0 Å². The second kappa shape index (κ2) is 10.2. The summed E-state index contributed by atoms with van der Waals surface area (Å²) in [5.74, 6) is -0.281. The molecule has 0 spiro atoms. The van der Waals surface area contributed by atoms with Crippen LogP contribution in [0.1, 0.15) is 10.4 Å². The highest BCUT2D eigenvalue weighted by Crippen LogP contribution is 2.25. The van der Waals surface area contributed by atoms with Crippen LogP contribution in [0.15, 0.2) is 41.7 Å². The first-order valence-corrected chi connectivity index (χ1v) is 8.76. The van der Waals surface area contributed by atoms with E-state index in [4.69, 9.17) is 79.1 Å². The first-order chi connectivity index (χ1) is 10.7. The lowest BCUT2D eigenvalue weighted by Crippen LogP contribution is -2.07. The average molecular weight is 504 g/mol. The molecule has 0 aliphatic carbocycles. The minimum Gasteiger partial charge on any atom is -0.488 e. The fourth-order valence-corrected chi connectivity index (χ4v) is 2.03. The van der Waals surface area contributed by atoms with Crippen LogP contribution < -0.4 is 4.74 Å². The summed E-state index contributed by atoms with van der Waals surface area (Å²) in [6.45, 7) is -0.299. The Balaban J connectivity index is 2.82. The van der Waals surface area contributed by atoms with Crippen molar-refractivity contribution < 1.29 is 14.3 Å². The van der Waals surface area contributed by atoms with Crippen LogP contribution in [0.4, 0.5) is 0 Å². The van der Waals surface area contributed by atoms with Crippen molar-refractivity contribution in [1.29, 1.82) is 0 Å². The minimum atomic E-state index is -0.638. The number of benzene rings is 1. The molecule has 126 valence electrons. The van der Waals surface area contributed by atoms with Crippen molar-refractivity contribution in [2.45, 2.75) is 0 Å². The quantitative estimate of drug-likeness (QED) is 0.403. The molecule has 0 saturated carbocycles. The molecule has 0 unspecified atom stereocenters. The normalized spacial score (nSPS) is 10.0. The Labute approximate surface area is 171 Å². The number of ether oxygens (including phenoxy) is 2. The van der Waals surface area contributed by atoms with Crippen molar-refractivity contribution in [3.8, 4) is 5.75 Å². The molecule has 0 aliphatic heterocycles. The summed E-state index contributed by atoms with van der Waals surface area (Å²) in [6.07, 6.45) is 0. The zero-order valence-corrected chi connectivity index (χ0v) is 17.1. The SMILES string of the molecule is O=C(OCC(Cl)=C(Cl)Cl)c1cc(Br)cc(OCC(Cl)=C(Cl)Cl)c1. The molecule has 0 bridgehead atoms. The van der Waals surface area contributed by atoms with Crippen LogP contribution in [0.2, 0.25) is 0 Å². The second-order valence-electron chi connectivity index (χ2n) is 3.87. The van der Waals surface area contributed by atoms with Crippen molar-refractivity contribution in [2.24, 2.45) is 0 Å². The Kier molecular flexibility index (Phi) is 9.46. The van der Waals surface area contributed by atoms with Gasteiger partial charge in [0.15, 0.2) is 0 Å².